The normalized spacial score (nSPS) is 20.5. The van der Waals surface area contributed by atoms with Crippen LogP contribution in [0.5, 0.6) is 0 Å². The number of nitrogens with one attached hydrogen (secondary N) is 2. The molecule has 2 N–H and O–H groups in total. The van der Waals surface area contributed by atoms with E-state index in [2.05, 4.69) is 47.6 Å². The molecule has 2 aliphatic heterocycles. The molecule has 0 radical (unpaired) electrons. The van der Waals surface area contributed by atoms with Crippen molar-refractivity contribution in [1.82, 2.24) is 15.5 Å². The van der Waals surface area contributed by atoms with Crippen LogP contribution in [0.25, 0.3) is 0 Å². The molecule has 134 valence electrons. The third-order valence-corrected chi connectivity index (χ3v) is 4.84. The van der Waals surface area contributed by atoms with Crippen LogP contribution in [0.15, 0.2) is 18.2 Å². The van der Waals surface area contributed by atoms with Gasteiger partial charge in [-0.25, -0.2) is 4.79 Å². The van der Waals surface area contributed by atoms with Gasteiger partial charge in [-0.1, -0.05) is 12.1 Å². The fraction of sp³-hybridized carbons (Fsp3) is 0.500. The van der Waals surface area contributed by atoms with Crippen molar-refractivity contribution in [3.8, 4) is 0 Å². The van der Waals surface area contributed by atoms with Crippen molar-refractivity contribution in [3.63, 3.8) is 0 Å². The molecule has 25 heavy (non-hydrogen) atoms. The van der Waals surface area contributed by atoms with E-state index in [1.807, 2.05) is 4.90 Å². The van der Waals surface area contributed by atoms with Gasteiger partial charge >= 0.3 is 6.03 Å². The second kappa shape index (κ2) is 7.13. The molecular formula is C18H24N4O3. The van der Waals surface area contributed by atoms with E-state index in [9.17, 15) is 14.4 Å². The number of amides is 4. The highest BCUT2D eigenvalue weighted by Crippen LogP contribution is 2.23. The Balaban J connectivity index is 1.50. The first kappa shape index (κ1) is 17.3. The number of piperazine rings is 1. The van der Waals surface area contributed by atoms with E-state index in [1.54, 1.807) is 0 Å². The van der Waals surface area contributed by atoms with Gasteiger partial charge in [0.1, 0.15) is 6.04 Å². The van der Waals surface area contributed by atoms with Gasteiger partial charge in [-0.3, -0.25) is 14.9 Å². The van der Waals surface area contributed by atoms with Gasteiger partial charge in [0, 0.05) is 38.3 Å². The largest absolute Gasteiger partial charge is 0.368 e. The highest BCUT2D eigenvalue weighted by molar-refractivity contribution is 6.04. The van der Waals surface area contributed by atoms with Crippen LogP contribution in [0.3, 0.4) is 0 Å². The highest BCUT2D eigenvalue weighted by Gasteiger charge is 2.30. The minimum absolute atomic E-state index is 0.0366. The highest BCUT2D eigenvalue weighted by atomic mass is 16.2. The van der Waals surface area contributed by atoms with Crippen LogP contribution >= 0.6 is 0 Å². The summed E-state index contributed by atoms with van der Waals surface area (Å²) in [6.07, 6.45) is 0.607. The molecule has 0 saturated carbocycles. The van der Waals surface area contributed by atoms with Gasteiger partial charge in [0.2, 0.25) is 5.91 Å². The van der Waals surface area contributed by atoms with E-state index in [1.165, 1.54) is 16.8 Å². The molecule has 1 aromatic carbocycles. The summed E-state index contributed by atoms with van der Waals surface area (Å²) in [5.74, 6) is -0.313. The van der Waals surface area contributed by atoms with Crippen LogP contribution in [-0.4, -0.2) is 55.0 Å². The maximum atomic E-state index is 12.4. The molecule has 2 fully saturated rings. The first-order valence-electron chi connectivity index (χ1n) is 8.65. The summed E-state index contributed by atoms with van der Waals surface area (Å²) in [7, 11) is 0. The van der Waals surface area contributed by atoms with Crippen molar-refractivity contribution in [2.75, 3.05) is 31.1 Å². The summed E-state index contributed by atoms with van der Waals surface area (Å²) in [6, 6.07) is 5.35. The summed E-state index contributed by atoms with van der Waals surface area (Å²) in [6.45, 7) is 7.14. The van der Waals surface area contributed by atoms with E-state index in [4.69, 9.17) is 0 Å². The SMILES string of the molecule is Cc1ccc(C)c(N2CCN(C(=O)CCC3NC(=O)NC3=O)CC2)c1. The second-order valence-electron chi connectivity index (χ2n) is 6.71. The molecule has 7 nitrogen and oxygen atoms in total. The smallest absolute Gasteiger partial charge is 0.322 e. The number of hydrogen-bond acceptors (Lipinski definition) is 4. The molecule has 1 unspecified atom stereocenters. The molecule has 0 bridgehead atoms. The van der Waals surface area contributed by atoms with Crippen molar-refractivity contribution < 1.29 is 14.4 Å². The van der Waals surface area contributed by atoms with Crippen molar-refractivity contribution in [2.24, 2.45) is 0 Å². The lowest BCUT2D eigenvalue weighted by molar-refractivity contribution is -0.131. The Kier molecular flexibility index (Phi) is 4.92. The van der Waals surface area contributed by atoms with E-state index in [-0.39, 0.29) is 18.2 Å². The molecule has 0 spiro atoms. The van der Waals surface area contributed by atoms with Gasteiger partial charge in [-0.05, 0) is 37.5 Å². The number of nitrogens with zero attached hydrogens (tertiary/aromatic N) is 2. The zero-order valence-corrected chi connectivity index (χ0v) is 14.7. The first-order chi connectivity index (χ1) is 11.9. The maximum Gasteiger partial charge on any atom is 0.322 e. The van der Waals surface area contributed by atoms with Crippen LogP contribution in [0, 0.1) is 13.8 Å². The Hall–Kier alpha value is -2.57. The number of urea groups is 1. The van der Waals surface area contributed by atoms with Crippen LogP contribution in [0.2, 0.25) is 0 Å². The van der Waals surface area contributed by atoms with Gasteiger partial charge in [-0.2, -0.15) is 0 Å². The maximum absolute atomic E-state index is 12.4. The zero-order chi connectivity index (χ0) is 18.0. The number of anilines is 1. The van der Waals surface area contributed by atoms with Gasteiger partial charge < -0.3 is 15.1 Å². The molecule has 1 atom stereocenters. The summed E-state index contributed by atoms with van der Waals surface area (Å²) in [5.41, 5.74) is 3.71. The van der Waals surface area contributed by atoms with Gasteiger partial charge in [0.25, 0.3) is 5.91 Å². The van der Waals surface area contributed by atoms with Gasteiger partial charge in [0.05, 0.1) is 0 Å². The predicted octanol–water partition coefficient (Wildman–Crippen LogP) is 0.940. The third-order valence-electron chi connectivity index (χ3n) is 4.84. The predicted molar refractivity (Wildman–Crippen MR) is 94.4 cm³/mol. The number of benzene rings is 1. The summed E-state index contributed by atoms with van der Waals surface area (Å²) < 4.78 is 0. The standard InChI is InChI=1S/C18H24N4O3/c1-12-3-4-13(2)15(11-12)21-7-9-22(10-8-21)16(23)6-5-14-17(24)20-18(25)19-14/h3-4,11,14H,5-10H2,1-2H3,(H2,19,20,24,25). The van der Waals surface area contributed by atoms with Crippen LogP contribution in [0.4, 0.5) is 10.5 Å². The lowest BCUT2D eigenvalue weighted by Gasteiger charge is -2.37. The van der Waals surface area contributed by atoms with Gasteiger partial charge in [0.15, 0.2) is 0 Å². The average Bonchev–Trinajstić information content (AvgIpc) is 2.92. The van der Waals surface area contributed by atoms with E-state index < -0.39 is 12.1 Å². The number of hydrogen-bond donors (Lipinski definition) is 2. The van der Waals surface area contributed by atoms with Crippen LogP contribution < -0.4 is 15.5 Å². The molecular weight excluding hydrogens is 320 g/mol. The van der Waals surface area contributed by atoms with Crippen molar-refractivity contribution >= 4 is 23.5 Å². The Labute approximate surface area is 147 Å². The zero-order valence-electron chi connectivity index (χ0n) is 14.7. The summed E-state index contributed by atoms with van der Waals surface area (Å²) in [4.78, 5) is 39.1. The van der Waals surface area contributed by atoms with Crippen LogP contribution in [-0.2, 0) is 9.59 Å². The molecule has 0 aliphatic carbocycles. The summed E-state index contributed by atoms with van der Waals surface area (Å²) in [5, 5.41) is 4.71. The fourth-order valence-electron chi connectivity index (χ4n) is 3.34. The fourth-order valence-corrected chi connectivity index (χ4v) is 3.34. The average molecular weight is 344 g/mol. The molecule has 2 saturated heterocycles. The topological polar surface area (TPSA) is 81.8 Å². The molecule has 3 rings (SSSR count). The van der Waals surface area contributed by atoms with Crippen molar-refractivity contribution in [2.45, 2.75) is 32.7 Å². The lowest BCUT2D eigenvalue weighted by Crippen LogP contribution is -2.49. The number of aryl methyl sites for hydroxylation is 2. The minimum Gasteiger partial charge on any atom is -0.368 e. The Morgan fingerprint density at radius 3 is 2.52 bits per heavy atom. The lowest BCUT2D eigenvalue weighted by atomic mass is 10.1. The quantitative estimate of drug-likeness (QED) is 0.797. The molecule has 1 aromatic rings. The Morgan fingerprint density at radius 1 is 1.16 bits per heavy atom. The monoisotopic (exact) mass is 344 g/mol. The summed E-state index contributed by atoms with van der Waals surface area (Å²) >= 11 is 0. The molecule has 2 aliphatic rings. The van der Waals surface area contributed by atoms with E-state index in [0.717, 1.165) is 13.1 Å². The van der Waals surface area contributed by atoms with E-state index >= 15 is 0 Å². The van der Waals surface area contributed by atoms with Crippen LogP contribution in [0.1, 0.15) is 24.0 Å². The van der Waals surface area contributed by atoms with Gasteiger partial charge in [-0.15, -0.1) is 0 Å². The minimum atomic E-state index is -0.590. The number of carbonyl (C=O) groups is 3. The molecule has 7 heteroatoms. The van der Waals surface area contributed by atoms with E-state index in [0.29, 0.717) is 19.5 Å². The third kappa shape index (κ3) is 3.92. The molecule has 2 heterocycles. The van der Waals surface area contributed by atoms with Crippen molar-refractivity contribution in [3.05, 3.63) is 29.3 Å². The Morgan fingerprint density at radius 2 is 1.88 bits per heavy atom. The number of rotatable bonds is 4. The number of imide groups is 1. The second-order valence-corrected chi connectivity index (χ2v) is 6.71. The molecule has 4 amide bonds. The Bertz CT molecular complexity index is 696. The molecule has 0 aromatic heterocycles. The number of carbonyl (C=O) groups excluding carboxylic acids is 3. The van der Waals surface area contributed by atoms with Crippen molar-refractivity contribution in [1.29, 1.82) is 0 Å². The first-order valence-corrected chi connectivity index (χ1v) is 8.65.